The lowest BCUT2D eigenvalue weighted by Crippen LogP contribution is -2.37. The van der Waals surface area contributed by atoms with E-state index >= 15 is 0 Å². The minimum absolute atomic E-state index is 0.170. The summed E-state index contributed by atoms with van der Waals surface area (Å²) in [6.07, 6.45) is 0. The van der Waals surface area contributed by atoms with E-state index in [1.54, 1.807) is 26.8 Å². The fourth-order valence-electron chi connectivity index (χ4n) is 2.02. The first kappa shape index (κ1) is 15.8. The molecule has 1 aliphatic rings. The van der Waals surface area contributed by atoms with Gasteiger partial charge in [0, 0.05) is 16.2 Å². The van der Waals surface area contributed by atoms with Crippen molar-refractivity contribution in [1.82, 2.24) is 0 Å². The van der Waals surface area contributed by atoms with Crippen molar-refractivity contribution in [3.8, 4) is 0 Å². The van der Waals surface area contributed by atoms with Gasteiger partial charge in [-0.1, -0.05) is 0 Å². The quantitative estimate of drug-likeness (QED) is 0.589. The summed E-state index contributed by atoms with van der Waals surface area (Å²) in [5.41, 5.74) is 11.2. The van der Waals surface area contributed by atoms with Crippen LogP contribution in [0.1, 0.15) is 29.8 Å². The van der Waals surface area contributed by atoms with Crippen LogP contribution in [0.3, 0.4) is 0 Å². The third kappa shape index (κ3) is 2.65. The molecule has 1 heterocycles. The highest BCUT2D eigenvalue weighted by molar-refractivity contribution is 8.03. The second kappa shape index (κ2) is 5.03. The van der Waals surface area contributed by atoms with Gasteiger partial charge in [-0.3, -0.25) is 4.79 Å². The lowest BCUT2D eigenvalue weighted by atomic mass is 10.1. The van der Waals surface area contributed by atoms with E-state index in [1.807, 2.05) is 0 Å². The minimum Gasteiger partial charge on any atom is -0.370 e. The van der Waals surface area contributed by atoms with E-state index in [-0.39, 0.29) is 16.4 Å². The second-order valence-corrected chi connectivity index (χ2v) is 9.08. The topological polar surface area (TPSA) is 116 Å². The van der Waals surface area contributed by atoms with Gasteiger partial charge < -0.3 is 11.5 Å². The Balaban J connectivity index is 2.66. The summed E-state index contributed by atoms with van der Waals surface area (Å²) in [4.78, 5) is 16.3. The van der Waals surface area contributed by atoms with E-state index in [0.29, 0.717) is 16.2 Å². The average molecular weight is 327 g/mol. The molecular weight excluding hydrogens is 310 g/mol. The molecule has 0 bridgehead atoms. The molecule has 4 N–H and O–H groups in total. The van der Waals surface area contributed by atoms with Crippen LogP contribution in [0.2, 0.25) is 0 Å². The highest BCUT2D eigenvalue weighted by Gasteiger charge is 2.41. The number of carbonyl (C=O) groups is 1. The molecule has 1 aromatic carbocycles. The predicted octanol–water partition coefficient (Wildman–Crippen LogP) is 1.07. The molecule has 0 aliphatic carbocycles. The van der Waals surface area contributed by atoms with Crippen LogP contribution >= 0.6 is 11.8 Å². The maximum atomic E-state index is 12.6. The van der Waals surface area contributed by atoms with Crippen LogP contribution in [0, 0.1) is 6.92 Å². The zero-order chi connectivity index (χ0) is 16.0. The number of hydrogen-bond acceptors (Lipinski definition) is 4. The number of thioether (sulfide) groups is 1. The van der Waals surface area contributed by atoms with Crippen LogP contribution in [-0.2, 0) is 9.84 Å². The standard InChI is InChI=1S/C13H17N3O3S2/c1-7-4-9-10(5-8(7)11(17)16-12(14)15)21(18,19)13(2,3)6-20-9/h4-5H,6H2,1-3H3,(H4,14,15,16,17). The van der Waals surface area contributed by atoms with Gasteiger partial charge in [0.05, 0.1) is 9.64 Å². The normalized spacial score (nSPS) is 18.6. The molecule has 8 heteroatoms. The van der Waals surface area contributed by atoms with Crippen molar-refractivity contribution >= 4 is 33.5 Å². The first-order valence-electron chi connectivity index (χ1n) is 6.22. The molecule has 0 aromatic heterocycles. The van der Waals surface area contributed by atoms with Crippen molar-refractivity contribution in [2.24, 2.45) is 16.5 Å². The molecule has 1 aromatic rings. The maximum absolute atomic E-state index is 12.6. The Morgan fingerprint density at radius 2 is 1.95 bits per heavy atom. The number of sulfone groups is 1. The monoisotopic (exact) mass is 327 g/mol. The summed E-state index contributed by atoms with van der Waals surface area (Å²) in [6.45, 7) is 5.08. The Labute approximate surface area is 127 Å². The van der Waals surface area contributed by atoms with Gasteiger partial charge in [0.25, 0.3) is 5.91 Å². The summed E-state index contributed by atoms with van der Waals surface area (Å²) in [7, 11) is -3.51. The third-order valence-electron chi connectivity index (χ3n) is 3.34. The molecule has 0 atom stereocenters. The number of nitrogens with two attached hydrogens (primary N) is 2. The van der Waals surface area contributed by atoms with Crippen LogP contribution in [0.4, 0.5) is 0 Å². The molecule has 0 spiro atoms. The van der Waals surface area contributed by atoms with E-state index in [4.69, 9.17) is 11.5 Å². The van der Waals surface area contributed by atoms with Crippen molar-refractivity contribution in [1.29, 1.82) is 0 Å². The number of guanidine groups is 1. The van der Waals surface area contributed by atoms with E-state index in [0.717, 1.165) is 0 Å². The van der Waals surface area contributed by atoms with Gasteiger partial charge in [0.1, 0.15) is 0 Å². The Morgan fingerprint density at radius 1 is 1.33 bits per heavy atom. The SMILES string of the molecule is Cc1cc2c(cc1C(=O)N=C(N)N)S(=O)(=O)C(C)(C)CS2. The Kier molecular flexibility index (Phi) is 3.79. The van der Waals surface area contributed by atoms with Crippen molar-refractivity contribution in [2.75, 3.05) is 5.75 Å². The lowest BCUT2D eigenvalue weighted by molar-refractivity contribution is 0.100. The molecule has 1 amide bonds. The largest absolute Gasteiger partial charge is 0.370 e. The van der Waals surface area contributed by atoms with Gasteiger partial charge in [-0.2, -0.15) is 4.99 Å². The summed E-state index contributed by atoms with van der Waals surface area (Å²) < 4.78 is 24.4. The van der Waals surface area contributed by atoms with Crippen LogP contribution in [0.5, 0.6) is 0 Å². The number of hydrogen-bond donors (Lipinski definition) is 2. The predicted molar refractivity (Wildman–Crippen MR) is 83.3 cm³/mol. The number of carbonyl (C=O) groups excluding carboxylic acids is 1. The summed E-state index contributed by atoms with van der Waals surface area (Å²) in [5.74, 6) is -0.517. The molecule has 0 radical (unpaired) electrons. The summed E-state index contributed by atoms with van der Waals surface area (Å²) in [5, 5.41) is 0. The van der Waals surface area contributed by atoms with Crippen molar-refractivity contribution < 1.29 is 13.2 Å². The zero-order valence-corrected chi connectivity index (χ0v) is 13.6. The molecular formula is C13H17N3O3S2. The lowest BCUT2D eigenvalue weighted by Gasteiger charge is -2.31. The number of aryl methyl sites for hydroxylation is 1. The molecule has 0 saturated carbocycles. The highest BCUT2D eigenvalue weighted by Crippen LogP contribution is 2.42. The molecule has 0 fully saturated rings. The average Bonchev–Trinajstić information content (AvgIpc) is 2.33. The van der Waals surface area contributed by atoms with Crippen LogP contribution in [0.15, 0.2) is 26.9 Å². The Hall–Kier alpha value is -1.54. The van der Waals surface area contributed by atoms with E-state index in [1.165, 1.54) is 17.8 Å². The van der Waals surface area contributed by atoms with Gasteiger partial charge in [-0.25, -0.2) is 8.42 Å². The van der Waals surface area contributed by atoms with Gasteiger partial charge in [0.2, 0.25) is 0 Å². The smallest absolute Gasteiger partial charge is 0.280 e. The maximum Gasteiger partial charge on any atom is 0.280 e. The van der Waals surface area contributed by atoms with E-state index in [2.05, 4.69) is 4.99 Å². The Morgan fingerprint density at radius 3 is 2.52 bits per heavy atom. The second-order valence-electron chi connectivity index (χ2n) is 5.51. The van der Waals surface area contributed by atoms with Crippen molar-refractivity contribution in [3.05, 3.63) is 23.3 Å². The van der Waals surface area contributed by atoms with Gasteiger partial charge in [-0.05, 0) is 38.5 Å². The number of aliphatic imine (C=N–C) groups is 1. The van der Waals surface area contributed by atoms with Crippen molar-refractivity contribution in [3.63, 3.8) is 0 Å². The molecule has 2 rings (SSSR count). The summed E-state index contributed by atoms with van der Waals surface area (Å²) >= 11 is 1.47. The van der Waals surface area contributed by atoms with E-state index in [9.17, 15) is 13.2 Å². The first-order chi connectivity index (χ1) is 9.56. The number of rotatable bonds is 1. The summed E-state index contributed by atoms with van der Waals surface area (Å²) in [6, 6.07) is 3.07. The van der Waals surface area contributed by atoms with Crippen LogP contribution in [-0.4, -0.2) is 30.8 Å². The van der Waals surface area contributed by atoms with Gasteiger partial charge >= 0.3 is 0 Å². The van der Waals surface area contributed by atoms with Crippen LogP contribution in [0.25, 0.3) is 0 Å². The molecule has 6 nitrogen and oxygen atoms in total. The number of nitrogens with zero attached hydrogens (tertiary/aromatic N) is 1. The van der Waals surface area contributed by atoms with Crippen molar-refractivity contribution in [2.45, 2.75) is 35.3 Å². The van der Waals surface area contributed by atoms with Gasteiger partial charge in [-0.15, -0.1) is 11.8 Å². The number of benzene rings is 1. The molecule has 0 saturated heterocycles. The first-order valence-corrected chi connectivity index (χ1v) is 8.69. The number of amides is 1. The fourth-order valence-corrected chi connectivity index (χ4v) is 5.48. The highest BCUT2D eigenvalue weighted by atomic mass is 32.2. The molecule has 114 valence electrons. The fraction of sp³-hybridized carbons (Fsp3) is 0.385. The minimum atomic E-state index is -3.51. The Bertz CT molecular complexity index is 748. The molecule has 1 aliphatic heterocycles. The third-order valence-corrected chi connectivity index (χ3v) is 7.69. The van der Waals surface area contributed by atoms with E-state index < -0.39 is 20.5 Å². The van der Waals surface area contributed by atoms with Gasteiger partial charge in [0.15, 0.2) is 15.8 Å². The molecule has 0 unspecified atom stereocenters. The zero-order valence-electron chi connectivity index (χ0n) is 12.0. The van der Waals surface area contributed by atoms with Crippen LogP contribution < -0.4 is 11.5 Å². The molecule has 21 heavy (non-hydrogen) atoms. The number of fused-ring (bicyclic) bond motifs is 1.